The first-order valence-corrected chi connectivity index (χ1v) is 9.01. The molecule has 1 N–H and O–H groups in total. The van der Waals surface area contributed by atoms with Gasteiger partial charge in [0.25, 0.3) is 0 Å². The van der Waals surface area contributed by atoms with Crippen molar-refractivity contribution in [2.24, 2.45) is 0 Å². The summed E-state index contributed by atoms with van der Waals surface area (Å²) in [6.45, 7) is 4.91. The maximum absolute atomic E-state index is 4.14. The minimum atomic E-state index is 0.887. The number of benzene rings is 2. The van der Waals surface area contributed by atoms with Crippen LogP contribution in [0.3, 0.4) is 0 Å². The highest BCUT2D eigenvalue weighted by Gasteiger charge is 2.13. The van der Waals surface area contributed by atoms with E-state index < -0.39 is 0 Å². The summed E-state index contributed by atoms with van der Waals surface area (Å²) in [5.41, 5.74) is 6.45. The summed E-state index contributed by atoms with van der Waals surface area (Å²) in [5.74, 6) is 0. The van der Waals surface area contributed by atoms with Crippen molar-refractivity contribution in [1.82, 2.24) is 14.9 Å². The van der Waals surface area contributed by atoms with Gasteiger partial charge < -0.3 is 4.98 Å². The molecule has 0 unspecified atom stereocenters. The zero-order chi connectivity index (χ0) is 17.8. The number of para-hydroxylation sites is 1. The number of aromatic nitrogens is 2. The SMILES string of the molecule is Cc1c(CN(Cc2ccccc2)Cc2ccncc2)[nH]c2ccccc12. The Labute approximate surface area is 154 Å². The van der Waals surface area contributed by atoms with E-state index in [1.807, 2.05) is 12.4 Å². The van der Waals surface area contributed by atoms with E-state index in [1.165, 1.54) is 33.3 Å². The molecule has 0 fully saturated rings. The number of nitrogens with zero attached hydrogens (tertiary/aromatic N) is 2. The molecule has 3 heteroatoms. The van der Waals surface area contributed by atoms with Gasteiger partial charge in [0.05, 0.1) is 0 Å². The standard InChI is InChI=1S/C23H23N3/c1-18-21-9-5-6-10-22(21)25-23(18)17-26(15-19-7-3-2-4-8-19)16-20-11-13-24-14-12-20/h2-14,25H,15-17H2,1H3. The Balaban J connectivity index is 1.62. The molecule has 0 radical (unpaired) electrons. The van der Waals surface area contributed by atoms with Crippen LogP contribution in [0.4, 0.5) is 0 Å². The topological polar surface area (TPSA) is 31.9 Å². The molecule has 0 aliphatic heterocycles. The first-order chi connectivity index (χ1) is 12.8. The van der Waals surface area contributed by atoms with E-state index in [2.05, 4.69) is 88.5 Å². The largest absolute Gasteiger partial charge is 0.357 e. The van der Waals surface area contributed by atoms with E-state index in [4.69, 9.17) is 0 Å². The highest BCUT2D eigenvalue weighted by atomic mass is 15.1. The maximum Gasteiger partial charge on any atom is 0.0459 e. The Morgan fingerprint density at radius 3 is 2.15 bits per heavy atom. The Bertz CT molecular complexity index is 933. The Morgan fingerprint density at radius 1 is 0.769 bits per heavy atom. The van der Waals surface area contributed by atoms with E-state index in [9.17, 15) is 0 Å². The monoisotopic (exact) mass is 341 g/mol. The van der Waals surface area contributed by atoms with Crippen molar-refractivity contribution in [3.8, 4) is 0 Å². The number of aromatic amines is 1. The number of fused-ring (bicyclic) bond motifs is 1. The van der Waals surface area contributed by atoms with E-state index in [0.717, 1.165) is 19.6 Å². The minimum Gasteiger partial charge on any atom is -0.357 e. The van der Waals surface area contributed by atoms with E-state index in [-0.39, 0.29) is 0 Å². The van der Waals surface area contributed by atoms with Crippen LogP contribution in [0.15, 0.2) is 79.1 Å². The number of rotatable bonds is 6. The molecular weight excluding hydrogens is 318 g/mol. The normalized spacial score (nSPS) is 11.3. The predicted octanol–water partition coefficient (Wildman–Crippen LogP) is 5.07. The number of aryl methyl sites for hydroxylation is 1. The maximum atomic E-state index is 4.14. The van der Waals surface area contributed by atoms with E-state index in [0.29, 0.717) is 0 Å². The molecule has 2 aromatic carbocycles. The molecule has 0 spiro atoms. The predicted molar refractivity (Wildman–Crippen MR) is 107 cm³/mol. The number of hydrogen-bond donors (Lipinski definition) is 1. The van der Waals surface area contributed by atoms with Crippen molar-refractivity contribution >= 4 is 10.9 Å². The summed E-state index contributed by atoms with van der Waals surface area (Å²) in [5, 5.41) is 1.31. The second kappa shape index (κ2) is 7.54. The van der Waals surface area contributed by atoms with Crippen molar-refractivity contribution in [2.45, 2.75) is 26.6 Å². The van der Waals surface area contributed by atoms with Crippen LogP contribution in [0.1, 0.15) is 22.4 Å². The molecule has 0 atom stereocenters. The molecule has 2 heterocycles. The summed E-state index contributed by atoms with van der Waals surface area (Å²) in [6.07, 6.45) is 3.73. The molecule has 0 bridgehead atoms. The molecule has 2 aromatic heterocycles. The molecule has 130 valence electrons. The molecule has 0 aliphatic carbocycles. The van der Waals surface area contributed by atoms with Gasteiger partial charge in [-0.3, -0.25) is 9.88 Å². The highest BCUT2D eigenvalue weighted by molar-refractivity contribution is 5.84. The van der Waals surface area contributed by atoms with Crippen LogP contribution in [0.25, 0.3) is 10.9 Å². The van der Waals surface area contributed by atoms with Gasteiger partial charge in [-0.2, -0.15) is 0 Å². The zero-order valence-electron chi connectivity index (χ0n) is 15.0. The van der Waals surface area contributed by atoms with Crippen LogP contribution >= 0.6 is 0 Å². The second-order valence-electron chi connectivity index (χ2n) is 6.76. The van der Waals surface area contributed by atoms with Gasteiger partial charge in [0.1, 0.15) is 0 Å². The number of nitrogens with one attached hydrogen (secondary N) is 1. The fourth-order valence-corrected chi connectivity index (χ4v) is 3.48. The van der Waals surface area contributed by atoms with Crippen molar-refractivity contribution in [3.63, 3.8) is 0 Å². The summed E-state index contributed by atoms with van der Waals surface area (Å²) >= 11 is 0. The quantitative estimate of drug-likeness (QED) is 0.531. The molecular formula is C23H23N3. The number of pyridine rings is 1. The lowest BCUT2D eigenvalue weighted by molar-refractivity contribution is 0.245. The smallest absolute Gasteiger partial charge is 0.0459 e. The van der Waals surface area contributed by atoms with Crippen molar-refractivity contribution in [2.75, 3.05) is 0 Å². The first kappa shape index (κ1) is 16.6. The Hall–Kier alpha value is -2.91. The van der Waals surface area contributed by atoms with Gasteiger partial charge in [0.2, 0.25) is 0 Å². The minimum absolute atomic E-state index is 0.887. The molecule has 0 amide bonds. The third-order valence-electron chi connectivity index (χ3n) is 4.86. The molecule has 4 rings (SSSR count). The van der Waals surface area contributed by atoms with Gasteiger partial charge >= 0.3 is 0 Å². The molecule has 4 aromatic rings. The number of hydrogen-bond acceptors (Lipinski definition) is 2. The van der Waals surface area contributed by atoms with Crippen LogP contribution in [0.5, 0.6) is 0 Å². The molecule has 26 heavy (non-hydrogen) atoms. The lowest BCUT2D eigenvalue weighted by Gasteiger charge is -2.22. The average molecular weight is 341 g/mol. The van der Waals surface area contributed by atoms with Crippen molar-refractivity contribution in [3.05, 3.63) is 102 Å². The summed E-state index contributed by atoms with van der Waals surface area (Å²) in [6, 6.07) is 23.4. The molecule has 0 saturated carbocycles. The van der Waals surface area contributed by atoms with Crippen LogP contribution < -0.4 is 0 Å². The van der Waals surface area contributed by atoms with Crippen LogP contribution in [0.2, 0.25) is 0 Å². The Kier molecular flexibility index (Phi) is 4.80. The van der Waals surface area contributed by atoms with Crippen LogP contribution in [-0.2, 0) is 19.6 Å². The highest BCUT2D eigenvalue weighted by Crippen LogP contribution is 2.23. The van der Waals surface area contributed by atoms with Gasteiger partial charge in [0.15, 0.2) is 0 Å². The van der Waals surface area contributed by atoms with Crippen molar-refractivity contribution < 1.29 is 0 Å². The number of H-pyrrole nitrogens is 1. The fraction of sp³-hybridized carbons (Fsp3) is 0.174. The van der Waals surface area contributed by atoms with Crippen molar-refractivity contribution in [1.29, 1.82) is 0 Å². The van der Waals surface area contributed by atoms with Gasteiger partial charge in [0, 0.05) is 48.6 Å². The van der Waals surface area contributed by atoms with E-state index >= 15 is 0 Å². The summed E-state index contributed by atoms with van der Waals surface area (Å²) in [7, 11) is 0. The summed E-state index contributed by atoms with van der Waals surface area (Å²) < 4.78 is 0. The lowest BCUT2D eigenvalue weighted by Crippen LogP contribution is -2.23. The molecule has 0 aliphatic rings. The van der Waals surface area contributed by atoms with Crippen LogP contribution in [-0.4, -0.2) is 14.9 Å². The molecule has 3 nitrogen and oxygen atoms in total. The van der Waals surface area contributed by atoms with Gasteiger partial charge in [-0.25, -0.2) is 0 Å². The van der Waals surface area contributed by atoms with Crippen LogP contribution in [0, 0.1) is 6.92 Å². The average Bonchev–Trinajstić information content (AvgIpc) is 2.99. The first-order valence-electron chi connectivity index (χ1n) is 9.01. The Morgan fingerprint density at radius 2 is 1.42 bits per heavy atom. The van der Waals surface area contributed by atoms with Gasteiger partial charge in [-0.15, -0.1) is 0 Å². The molecule has 0 saturated heterocycles. The zero-order valence-corrected chi connectivity index (χ0v) is 15.0. The second-order valence-corrected chi connectivity index (χ2v) is 6.76. The van der Waals surface area contributed by atoms with Gasteiger partial charge in [-0.1, -0.05) is 48.5 Å². The van der Waals surface area contributed by atoms with Gasteiger partial charge in [-0.05, 0) is 41.8 Å². The summed E-state index contributed by atoms with van der Waals surface area (Å²) in [4.78, 5) is 10.2. The van der Waals surface area contributed by atoms with E-state index in [1.54, 1.807) is 0 Å². The fourth-order valence-electron chi connectivity index (χ4n) is 3.48. The third-order valence-corrected chi connectivity index (χ3v) is 4.86. The third kappa shape index (κ3) is 3.68. The lowest BCUT2D eigenvalue weighted by atomic mass is 10.1.